The Morgan fingerprint density at radius 3 is 2.65 bits per heavy atom. The summed E-state index contributed by atoms with van der Waals surface area (Å²) >= 11 is 0. The third-order valence-corrected chi connectivity index (χ3v) is 2.46. The van der Waals surface area contributed by atoms with Crippen molar-refractivity contribution in [3.05, 3.63) is 30.6 Å². The number of nitrogen functional groups attached to an aromatic ring is 2. The maximum Gasteiger partial charge on any atom is 0.241 e. The van der Waals surface area contributed by atoms with Gasteiger partial charge in [0.05, 0.1) is 11.0 Å². The van der Waals surface area contributed by atoms with Gasteiger partial charge in [-0.2, -0.15) is 0 Å². The third kappa shape index (κ3) is 1.36. The molecule has 2 aromatic heterocycles. The number of hydrogen-bond donors (Lipinski definition) is 2. The lowest BCUT2D eigenvalue weighted by molar-refractivity contribution is 1.02. The summed E-state index contributed by atoms with van der Waals surface area (Å²) in [4.78, 5) is 8.48. The van der Waals surface area contributed by atoms with Gasteiger partial charge in [-0.05, 0) is 12.1 Å². The number of aromatic nitrogens is 5. The topological polar surface area (TPSA) is 109 Å². The summed E-state index contributed by atoms with van der Waals surface area (Å²) < 4.78 is 1.23. The SMILES string of the molecule is Nc1nnc(-c2cccc3nccnc23)n1N. The largest absolute Gasteiger partial charge is 0.366 e. The van der Waals surface area contributed by atoms with Crippen LogP contribution >= 0.6 is 0 Å². The molecule has 7 heteroatoms. The van der Waals surface area contributed by atoms with Gasteiger partial charge in [0.1, 0.15) is 0 Å². The number of rotatable bonds is 1. The zero-order chi connectivity index (χ0) is 11.8. The molecule has 0 amide bonds. The van der Waals surface area contributed by atoms with Crippen LogP contribution in [0.4, 0.5) is 5.95 Å². The third-order valence-electron chi connectivity index (χ3n) is 2.46. The molecule has 0 saturated heterocycles. The Hall–Kier alpha value is -2.70. The first-order chi connectivity index (χ1) is 8.27. The minimum absolute atomic E-state index is 0.154. The second kappa shape index (κ2) is 3.41. The van der Waals surface area contributed by atoms with Crippen LogP contribution in [0.3, 0.4) is 0 Å². The lowest BCUT2D eigenvalue weighted by Gasteiger charge is -2.04. The van der Waals surface area contributed by atoms with E-state index in [4.69, 9.17) is 11.6 Å². The van der Waals surface area contributed by atoms with Crippen LogP contribution in [0.25, 0.3) is 22.4 Å². The van der Waals surface area contributed by atoms with Crippen molar-refractivity contribution in [2.75, 3.05) is 11.6 Å². The highest BCUT2D eigenvalue weighted by atomic mass is 15.4. The highest BCUT2D eigenvalue weighted by molar-refractivity contribution is 5.89. The van der Waals surface area contributed by atoms with E-state index in [9.17, 15) is 0 Å². The molecule has 17 heavy (non-hydrogen) atoms. The van der Waals surface area contributed by atoms with Gasteiger partial charge in [-0.15, -0.1) is 10.2 Å². The predicted molar refractivity (Wildman–Crippen MR) is 63.1 cm³/mol. The number of fused-ring (bicyclic) bond motifs is 1. The van der Waals surface area contributed by atoms with E-state index < -0.39 is 0 Å². The fourth-order valence-electron chi connectivity index (χ4n) is 1.66. The molecule has 4 N–H and O–H groups in total. The number of para-hydroxylation sites is 1. The van der Waals surface area contributed by atoms with E-state index in [1.807, 2.05) is 18.2 Å². The van der Waals surface area contributed by atoms with E-state index >= 15 is 0 Å². The second-order valence-electron chi connectivity index (χ2n) is 3.48. The minimum Gasteiger partial charge on any atom is -0.366 e. The molecule has 3 aromatic rings. The van der Waals surface area contributed by atoms with E-state index in [0.29, 0.717) is 11.3 Å². The summed E-state index contributed by atoms with van der Waals surface area (Å²) in [6.45, 7) is 0. The first kappa shape index (κ1) is 9.52. The average molecular weight is 227 g/mol. The van der Waals surface area contributed by atoms with Crippen LogP contribution in [-0.4, -0.2) is 24.8 Å². The van der Waals surface area contributed by atoms with Gasteiger partial charge < -0.3 is 11.6 Å². The van der Waals surface area contributed by atoms with Crippen LogP contribution in [0.1, 0.15) is 0 Å². The number of nitrogens with zero attached hydrogens (tertiary/aromatic N) is 5. The maximum atomic E-state index is 5.74. The maximum absolute atomic E-state index is 5.74. The van der Waals surface area contributed by atoms with E-state index in [1.54, 1.807) is 12.4 Å². The van der Waals surface area contributed by atoms with Crippen molar-refractivity contribution >= 4 is 17.0 Å². The van der Waals surface area contributed by atoms with Crippen LogP contribution in [-0.2, 0) is 0 Å². The summed E-state index contributed by atoms with van der Waals surface area (Å²) in [5.74, 6) is 6.36. The Kier molecular flexibility index (Phi) is 1.91. The van der Waals surface area contributed by atoms with E-state index in [0.717, 1.165) is 11.1 Å². The van der Waals surface area contributed by atoms with Crippen LogP contribution in [0.5, 0.6) is 0 Å². The Morgan fingerprint density at radius 1 is 1.06 bits per heavy atom. The highest BCUT2D eigenvalue weighted by Gasteiger charge is 2.13. The zero-order valence-electron chi connectivity index (χ0n) is 8.78. The normalized spacial score (nSPS) is 10.8. The van der Waals surface area contributed by atoms with Gasteiger partial charge in [0.15, 0.2) is 5.82 Å². The number of benzene rings is 1. The molecule has 1 aromatic carbocycles. The Morgan fingerprint density at radius 2 is 1.88 bits per heavy atom. The molecular weight excluding hydrogens is 218 g/mol. The molecule has 3 rings (SSSR count). The van der Waals surface area contributed by atoms with Crippen molar-refractivity contribution < 1.29 is 0 Å². The van der Waals surface area contributed by atoms with Crippen molar-refractivity contribution in [3.8, 4) is 11.4 Å². The first-order valence-electron chi connectivity index (χ1n) is 4.93. The van der Waals surface area contributed by atoms with Gasteiger partial charge >= 0.3 is 0 Å². The fourth-order valence-corrected chi connectivity index (χ4v) is 1.66. The molecule has 0 bridgehead atoms. The molecule has 84 valence electrons. The quantitative estimate of drug-likeness (QED) is 0.574. The Labute approximate surface area is 96.1 Å². The molecule has 0 spiro atoms. The number of nitrogens with two attached hydrogens (primary N) is 2. The minimum atomic E-state index is 0.154. The van der Waals surface area contributed by atoms with Gasteiger partial charge in [0.25, 0.3) is 0 Å². The summed E-state index contributed by atoms with van der Waals surface area (Å²) in [6, 6.07) is 5.58. The first-order valence-corrected chi connectivity index (χ1v) is 4.93. The van der Waals surface area contributed by atoms with Crippen molar-refractivity contribution in [2.45, 2.75) is 0 Å². The number of hydrogen-bond acceptors (Lipinski definition) is 6. The second-order valence-corrected chi connectivity index (χ2v) is 3.48. The predicted octanol–water partition coefficient (Wildman–Crippen LogP) is 0.184. The zero-order valence-corrected chi connectivity index (χ0v) is 8.78. The molecule has 0 aliphatic carbocycles. The van der Waals surface area contributed by atoms with Crippen molar-refractivity contribution in [1.82, 2.24) is 24.8 Å². The molecule has 7 nitrogen and oxygen atoms in total. The van der Waals surface area contributed by atoms with Crippen molar-refractivity contribution in [2.24, 2.45) is 0 Å². The van der Waals surface area contributed by atoms with Crippen molar-refractivity contribution in [3.63, 3.8) is 0 Å². The summed E-state index contributed by atoms with van der Waals surface area (Å²) in [5.41, 5.74) is 7.79. The lowest BCUT2D eigenvalue weighted by atomic mass is 10.1. The Balaban J connectivity index is 2.34. The smallest absolute Gasteiger partial charge is 0.241 e. The van der Waals surface area contributed by atoms with E-state index in [1.165, 1.54) is 4.68 Å². The van der Waals surface area contributed by atoms with Crippen LogP contribution in [0.2, 0.25) is 0 Å². The Bertz CT molecular complexity index is 683. The number of anilines is 1. The molecule has 0 aliphatic rings. The standard InChI is InChI=1S/C10H9N7/c11-10-16-15-9(17(10)12)6-2-1-3-7-8(6)14-5-4-13-7/h1-5H,12H2,(H2,11,16). The fraction of sp³-hybridized carbons (Fsp3) is 0. The molecule has 0 fully saturated rings. The van der Waals surface area contributed by atoms with E-state index in [-0.39, 0.29) is 5.95 Å². The van der Waals surface area contributed by atoms with Gasteiger partial charge in [0, 0.05) is 18.0 Å². The van der Waals surface area contributed by atoms with Crippen molar-refractivity contribution in [1.29, 1.82) is 0 Å². The molecule has 2 heterocycles. The van der Waals surface area contributed by atoms with Crippen LogP contribution < -0.4 is 11.6 Å². The molecule has 0 radical (unpaired) electrons. The van der Waals surface area contributed by atoms with Crippen LogP contribution in [0.15, 0.2) is 30.6 Å². The molecule has 0 atom stereocenters. The van der Waals surface area contributed by atoms with Gasteiger partial charge in [-0.25, -0.2) is 4.68 Å². The van der Waals surface area contributed by atoms with Gasteiger partial charge in [-0.1, -0.05) is 6.07 Å². The lowest BCUT2D eigenvalue weighted by Crippen LogP contribution is -2.13. The molecular formula is C10H9N7. The molecule has 0 aliphatic heterocycles. The summed E-state index contributed by atoms with van der Waals surface area (Å²) in [6.07, 6.45) is 3.25. The van der Waals surface area contributed by atoms with E-state index in [2.05, 4.69) is 20.2 Å². The molecule has 0 unspecified atom stereocenters. The summed E-state index contributed by atoms with van der Waals surface area (Å²) in [7, 11) is 0. The summed E-state index contributed by atoms with van der Waals surface area (Å²) in [5, 5.41) is 7.65. The van der Waals surface area contributed by atoms with Gasteiger partial charge in [-0.3, -0.25) is 9.97 Å². The average Bonchev–Trinajstić information content (AvgIpc) is 2.69. The monoisotopic (exact) mass is 227 g/mol. The van der Waals surface area contributed by atoms with Gasteiger partial charge in [0.2, 0.25) is 5.95 Å². The highest BCUT2D eigenvalue weighted by Crippen LogP contribution is 2.24. The van der Waals surface area contributed by atoms with Crippen LogP contribution in [0, 0.1) is 0 Å². The molecule has 0 saturated carbocycles.